The Bertz CT molecular complexity index is 623. The number of benzene rings is 1. The number of carbonyl (C=O) groups excluding carboxylic acids is 1. The highest BCUT2D eigenvalue weighted by molar-refractivity contribution is 7.09. The number of hydrogen-bond acceptors (Lipinski definition) is 4. The van der Waals surface area contributed by atoms with Crippen molar-refractivity contribution in [2.75, 3.05) is 6.54 Å². The van der Waals surface area contributed by atoms with E-state index < -0.39 is 0 Å². The van der Waals surface area contributed by atoms with Crippen LogP contribution in [0.25, 0.3) is 0 Å². The van der Waals surface area contributed by atoms with Gasteiger partial charge in [-0.15, -0.1) is 11.3 Å². The molecule has 4 nitrogen and oxygen atoms in total. The number of thiazole rings is 1. The van der Waals surface area contributed by atoms with Crippen LogP contribution < -0.4 is 10.1 Å². The van der Waals surface area contributed by atoms with Gasteiger partial charge in [-0.3, -0.25) is 4.79 Å². The Labute approximate surface area is 148 Å². The van der Waals surface area contributed by atoms with Crippen molar-refractivity contribution in [1.82, 2.24) is 10.3 Å². The molecule has 0 radical (unpaired) electrons. The van der Waals surface area contributed by atoms with E-state index in [1.807, 2.05) is 36.6 Å². The van der Waals surface area contributed by atoms with Gasteiger partial charge in [-0.2, -0.15) is 0 Å². The third-order valence-electron chi connectivity index (χ3n) is 3.68. The Kier molecular flexibility index (Phi) is 7.75. The molecule has 0 bridgehead atoms. The van der Waals surface area contributed by atoms with Gasteiger partial charge in [0.05, 0.1) is 12.1 Å². The minimum Gasteiger partial charge on any atom is -0.486 e. The van der Waals surface area contributed by atoms with Crippen molar-refractivity contribution in [1.29, 1.82) is 0 Å². The highest BCUT2D eigenvalue weighted by atomic mass is 32.1. The van der Waals surface area contributed by atoms with E-state index in [0.29, 0.717) is 13.0 Å². The molecule has 1 aromatic heterocycles. The fraction of sp³-hybridized carbons (Fsp3) is 0.474. The molecule has 1 N–H and O–H groups in total. The van der Waals surface area contributed by atoms with E-state index in [0.717, 1.165) is 29.4 Å². The molecule has 0 fully saturated rings. The zero-order valence-electron chi connectivity index (χ0n) is 14.5. The lowest BCUT2D eigenvalue weighted by molar-refractivity contribution is -0.120. The molecule has 0 atom stereocenters. The summed E-state index contributed by atoms with van der Waals surface area (Å²) in [5.74, 6) is 0.880. The van der Waals surface area contributed by atoms with Gasteiger partial charge in [0, 0.05) is 11.9 Å². The predicted octanol–water partition coefficient (Wildman–Crippen LogP) is 4.27. The molecule has 5 heteroatoms. The Morgan fingerprint density at radius 1 is 1.21 bits per heavy atom. The molecule has 1 heterocycles. The van der Waals surface area contributed by atoms with Crippen LogP contribution in [0.2, 0.25) is 0 Å². The molecule has 0 aliphatic carbocycles. The van der Waals surface area contributed by atoms with Crippen LogP contribution in [0, 0.1) is 6.92 Å². The number of amides is 1. The summed E-state index contributed by atoms with van der Waals surface area (Å²) in [7, 11) is 0. The average molecular weight is 346 g/mol. The van der Waals surface area contributed by atoms with Crippen LogP contribution >= 0.6 is 11.3 Å². The molecule has 24 heavy (non-hydrogen) atoms. The molecule has 0 aliphatic rings. The standard InChI is InChI=1S/C19H26N2O2S/c1-3-4-5-6-11-20-18(22)12-16-14-24-19(21-16)13-23-17-9-7-15(2)8-10-17/h7-10,14H,3-6,11-13H2,1-2H3,(H,20,22). The first-order chi connectivity index (χ1) is 11.7. The van der Waals surface area contributed by atoms with Gasteiger partial charge >= 0.3 is 0 Å². The molecule has 0 spiro atoms. The maximum atomic E-state index is 11.9. The van der Waals surface area contributed by atoms with E-state index in [4.69, 9.17) is 4.74 Å². The first kappa shape index (κ1) is 18.5. The summed E-state index contributed by atoms with van der Waals surface area (Å²) < 4.78 is 5.72. The van der Waals surface area contributed by atoms with Crippen LogP contribution in [0.4, 0.5) is 0 Å². The monoisotopic (exact) mass is 346 g/mol. The van der Waals surface area contributed by atoms with Crippen LogP contribution in [-0.2, 0) is 17.8 Å². The fourth-order valence-electron chi connectivity index (χ4n) is 2.28. The topological polar surface area (TPSA) is 51.2 Å². The lowest BCUT2D eigenvalue weighted by Crippen LogP contribution is -2.26. The fourth-order valence-corrected chi connectivity index (χ4v) is 2.99. The molecule has 0 unspecified atom stereocenters. The third-order valence-corrected chi connectivity index (χ3v) is 4.55. The van der Waals surface area contributed by atoms with Crippen LogP contribution in [0.5, 0.6) is 5.75 Å². The first-order valence-corrected chi connectivity index (χ1v) is 9.44. The minimum atomic E-state index is 0.0443. The summed E-state index contributed by atoms with van der Waals surface area (Å²) in [6.45, 7) is 5.42. The van der Waals surface area contributed by atoms with Gasteiger partial charge < -0.3 is 10.1 Å². The van der Waals surface area contributed by atoms with Gasteiger partial charge in [-0.05, 0) is 25.5 Å². The predicted molar refractivity (Wildman–Crippen MR) is 98.5 cm³/mol. The number of rotatable bonds is 10. The number of unbranched alkanes of at least 4 members (excludes halogenated alkanes) is 3. The number of aromatic nitrogens is 1. The van der Waals surface area contributed by atoms with Crippen LogP contribution in [0.3, 0.4) is 0 Å². The molecule has 1 amide bonds. The van der Waals surface area contributed by atoms with E-state index in [1.165, 1.54) is 36.2 Å². The molecule has 1 aromatic carbocycles. The van der Waals surface area contributed by atoms with Gasteiger partial charge in [0.25, 0.3) is 0 Å². The van der Waals surface area contributed by atoms with Crippen molar-refractivity contribution >= 4 is 17.2 Å². The Morgan fingerprint density at radius 2 is 2.00 bits per heavy atom. The molecule has 130 valence electrons. The minimum absolute atomic E-state index is 0.0443. The van der Waals surface area contributed by atoms with Crippen molar-refractivity contribution < 1.29 is 9.53 Å². The summed E-state index contributed by atoms with van der Waals surface area (Å²) in [6, 6.07) is 7.95. The zero-order chi connectivity index (χ0) is 17.2. The SMILES string of the molecule is CCCCCCNC(=O)Cc1csc(COc2ccc(C)cc2)n1. The molecule has 0 saturated heterocycles. The maximum absolute atomic E-state index is 11.9. The van der Waals surface area contributed by atoms with Crippen molar-refractivity contribution in [2.24, 2.45) is 0 Å². The van der Waals surface area contributed by atoms with Crippen molar-refractivity contribution in [3.63, 3.8) is 0 Å². The third kappa shape index (κ3) is 6.71. The first-order valence-electron chi connectivity index (χ1n) is 8.57. The van der Waals surface area contributed by atoms with Gasteiger partial charge in [-0.1, -0.05) is 43.9 Å². The van der Waals surface area contributed by atoms with Gasteiger partial charge in [0.2, 0.25) is 5.91 Å². The van der Waals surface area contributed by atoms with Crippen LogP contribution in [0.15, 0.2) is 29.6 Å². The number of ether oxygens (including phenoxy) is 1. The highest BCUT2D eigenvalue weighted by Gasteiger charge is 2.08. The Hall–Kier alpha value is -1.88. The summed E-state index contributed by atoms with van der Waals surface area (Å²) in [4.78, 5) is 16.4. The van der Waals surface area contributed by atoms with Gasteiger partial charge in [0.15, 0.2) is 0 Å². The lowest BCUT2D eigenvalue weighted by atomic mass is 10.2. The summed E-state index contributed by atoms with van der Waals surface area (Å²) >= 11 is 1.53. The van der Waals surface area contributed by atoms with E-state index >= 15 is 0 Å². The van der Waals surface area contributed by atoms with Crippen molar-refractivity contribution in [3.05, 3.63) is 45.9 Å². The van der Waals surface area contributed by atoms with E-state index in [2.05, 4.69) is 17.2 Å². The van der Waals surface area contributed by atoms with E-state index in [-0.39, 0.29) is 5.91 Å². The smallest absolute Gasteiger partial charge is 0.226 e. The largest absolute Gasteiger partial charge is 0.486 e. The molecule has 2 rings (SSSR count). The number of hydrogen-bond donors (Lipinski definition) is 1. The summed E-state index contributed by atoms with van der Waals surface area (Å²) in [5, 5.41) is 5.78. The quantitative estimate of drug-likeness (QED) is 0.654. The van der Waals surface area contributed by atoms with Gasteiger partial charge in [0.1, 0.15) is 17.4 Å². The van der Waals surface area contributed by atoms with Crippen molar-refractivity contribution in [2.45, 2.75) is 52.6 Å². The average Bonchev–Trinajstić information content (AvgIpc) is 3.01. The van der Waals surface area contributed by atoms with Crippen LogP contribution in [-0.4, -0.2) is 17.4 Å². The van der Waals surface area contributed by atoms with Crippen molar-refractivity contribution in [3.8, 4) is 5.75 Å². The van der Waals surface area contributed by atoms with Crippen LogP contribution in [0.1, 0.15) is 48.9 Å². The molecular formula is C19H26N2O2S. The number of nitrogens with zero attached hydrogens (tertiary/aromatic N) is 1. The zero-order valence-corrected chi connectivity index (χ0v) is 15.3. The normalized spacial score (nSPS) is 10.6. The number of nitrogens with one attached hydrogen (secondary N) is 1. The molecule has 2 aromatic rings. The molecular weight excluding hydrogens is 320 g/mol. The second-order valence-electron chi connectivity index (χ2n) is 5.92. The van der Waals surface area contributed by atoms with Gasteiger partial charge in [-0.25, -0.2) is 4.98 Å². The second kappa shape index (κ2) is 10.1. The molecule has 0 aliphatic heterocycles. The summed E-state index contributed by atoms with van der Waals surface area (Å²) in [5.41, 5.74) is 2.02. The van der Waals surface area contributed by atoms with E-state index in [1.54, 1.807) is 0 Å². The second-order valence-corrected chi connectivity index (χ2v) is 6.86. The Morgan fingerprint density at radius 3 is 2.75 bits per heavy atom. The van der Waals surface area contributed by atoms with E-state index in [9.17, 15) is 4.79 Å². The number of aryl methyl sites for hydroxylation is 1. The highest BCUT2D eigenvalue weighted by Crippen LogP contribution is 2.16. The Balaban J connectivity index is 1.70. The molecule has 0 saturated carbocycles. The number of carbonyl (C=O) groups is 1. The maximum Gasteiger partial charge on any atom is 0.226 e. The summed E-state index contributed by atoms with van der Waals surface area (Å²) in [6.07, 6.45) is 5.00. The lowest BCUT2D eigenvalue weighted by Gasteiger charge is -2.04.